The third kappa shape index (κ3) is 2.30. The topological polar surface area (TPSA) is 44.7 Å². The Kier molecular flexibility index (Phi) is 3.37. The minimum Gasteiger partial charge on any atom is -0.508 e. The SMILES string of the molecule is COc1ccc(O)c(CN2CC3CNCC3C2C)c1. The van der Waals surface area contributed by atoms with Crippen molar-refractivity contribution in [3.63, 3.8) is 0 Å². The van der Waals surface area contributed by atoms with Gasteiger partial charge >= 0.3 is 0 Å². The van der Waals surface area contributed by atoms with Crippen LogP contribution in [-0.2, 0) is 6.54 Å². The lowest BCUT2D eigenvalue weighted by atomic mass is 9.95. The molecule has 2 N–H and O–H groups in total. The molecule has 0 amide bonds. The first-order chi connectivity index (χ1) is 9.19. The fourth-order valence-electron chi connectivity index (χ4n) is 3.50. The van der Waals surface area contributed by atoms with Crippen LogP contribution in [0, 0.1) is 11.8 Å². The van der Waals surface area contributed by atoms with Crippen LogP contribution < -0.4 is 10.1 Å². The summed E-state index contributed by atoms with van der Waals surface area (Å²) < 4.78 is 5.24. The van der Waals surface area contributed by atoms with Crippen LogP contribution in [0.5, 0.6) is 11.5 Å². The highest BCUT2D eigenvalue weighted by atomic mass is 16.5. The molecular formula is C15H22N2O2. The number of nitrogens with zero attached hydrogens (tertiary/aromatic N) is 1. The Bertz CT molecular complexity index is 463. The van der Waals surface area contributed by atoms with Gasteiger partial charge in [0.25, 0.3) is 0 Å². The minimum atomic E-state index is 0.364. The maximum absolute atomic E-state index is 9.99. The average molecular weight is 262 g/mol. The quantitative estimate of drug-likeness (QED) is 0.865. The van der Waals surface area contributed by atoms with Crippen molar-refractivity contribution in [2.45, 2.75) is 19.5 Å². The molecule has 19 heavy (non-hydrogen) atoms. The standard InChI is InChI=1S/C15H22N2O2/c1-10-14-7-16-6-12(14)9-17(10)8-11-5-13(19-2)3-4-15(11)18/h3-5,10,12,14,16,18H,6-9H2,1-2H3. The van der Waals surface area contributed by atoms with Crippen molar-refractivity contribution in [1.29, 1.82) is 0 Å². The van der Waals surface area contributed by atoms with Gasteiger partial charge in [0.15, 0.2) is 0 Å². The van der Waals surface area contributed by atoms with E-state index in [0.29, 0.717) is 11.8 Å². The first kappa shape index (κ1) is 12.8. The van der Waals surface area contributed by atoms with Gasteiger partial charge in [-0.1, -0.05) is 0 Å². The van der Waals surface area contributed by atoms with E-state index in [1.54, 1.807) is 19.2 Å². The van der Waals surface area contributed by atoms with Crippen LogP contribution >= 0.6 is 0 Å². The molecule has 2 aliphatic heterocycles. The number of hydrogen-bond donors (Lipinski definition) is 2. The molecule has 1 aromatic carbocycles. The van der Waals surface area contributed by atoms with E-state index >= 15 is 0 Å². The van der Waals surface area contributed by atoms with Crippen molar-refractivity contribution in [2.24, 2.45) is 11.8 Å². The van der Waals surface area contributed by atoms with E-state index in [9.17, 15) is 5.11 Å². The van der Waals surface area contributed by atoms with Gasteiger partial charge in [0.1, 0.15) is 11.5 Å². The first-order valence-electron chi connectivity index (χ1n) is 6.99. The van der Waals surface area contributed by atoms with E-state index in [1.807, 2.05) is 6.07 Å². The number of likely N-dealkylation sites (tertiary alicyclic amines) is 1. The molecule has 0 aliphatic carbocycles. The zero-order valence-corrected chi connectivity index (χ0v) is 11.6. The van der Waals surface area contributed by atoms with Crippen molar-refractivity contribution in [1.82, 2.24) is 10.2 Å². The Morgan fingerprint density at radius 3 is 3.00 bits per heavy atom. The molecule has 104 valence electrons. The second kappa shape index (κ2) is 5.02. The lowest BCUT2D eigenvalue weighted by molar-refractivity contribution is 0.228. The van der Waals surface area contributed by atoms with Gasteiger partial charge in [0.2, 0.25) is 0 Å². The van der Waals surface area contributed by atoms with Crippen LogP contribution in [0.3, 0.4) is 0 Å². The number of aromatic hydroxyl groups is 1. The van der Waals surface area contributed by atoms with E-state index in [-0.39, 0.29) is 0 Å². The minimum absolute atomic E-state index is 0.364. The molecule has 2 saturated heterocycles. The summed E-state index contributed by atoms with van der Waals surface area (Å²) >= 11 is 0. The van der Waals surface area contributed by atoms with Crippen LogP contribution in [0.1, 0.15) is 12.5 Å². The lowest BCUT2D eigenvalue weighted by Crippen LogP contribution is -2.32. The summed E-state index contributed by atoms with van der Waals surface area (Å²) in [5.74, 6) is 2.69. The molecule has 1 aromatic rings. The van der Waals surface area contributed by atoms with E-state index in [2.05, 4.69) is 17.1 Å². The number of benzene rings is 1. The summed E-state index contributed by atoms with van der Waals surface area (Å²) in [7, 11) is 1.66. The predicted octanol–water partition coefficient (Wildman–Crippen LogP) is 1.44. The Morgan fingerprint density at radius 1 is 1.42 bits per heavy atom. The van der Waals surface area contributed by atoms with E-state index in [4.69, 9.17) is 4.74 Å². The molecule has 4 nitrogen and oxygen atoms in total. The maximum atomic E-state index is 9.99. The number of nitrogens with one attached hydrogen (secondary N) is 1. The fourth-order valence-corrected chi connectivity index (χ4v) is 3.50. The third-order valence-electron chi connectivity index (χ3n) is 4.72. The molecule has 2 fully saturated rings. The second-order valence-electron chi connectivity index (χ2n) is 5.75. The van der Waals surface area contributed by atoms with Gasteiger partial charge < -0.3 is 15.2 Å². The van der Waals surface area contributed by atoms with E-state index in [0.717, 1.165) is 49.3 Å². The predicted molar refractivity (Wildman–Crippen MR) is 74.4 cm³/mol. The molecule has 0 spiro atoms. The van der Waals surface area contributed by atoms with E-state index < -0.39 is 0 Å². The van der Waals surface area contributed by atoms with Crippen molar-refractivity contribution < 1.29 is 9.84 Å². The second-order valence-corrected chi connectivity index (χ2v) is 5.75. The molecule has 3 unspecified atom stereocenters. The molecule has 0 saturated carbocycles. The van der Waals surface area contributed by atoms with E-state index in [1.165, 1.54) is 0 Å². The third-order valence-corrected chi connectivity index (χ3v) is 4.72. The maximum Gasteiger partial charge on any atom is 0.120 e. The molecule has 3 rings (SSSR count). The largest absolute Gasteiger partial charge is 0.508 e. The van der Waals surface area contributed by atoms with Crippen LogP contribution in [0.2, 0.25) is 0 Å². The highest BCUT2D eigenvalue weighted by Crippen LogP contribution is 2.34. The lowest BCUT2D eigenvalue weighted by Gasteiger charge is -2.24. The summed E-state index contributed by atoms with van der Waals surface area (Å²) in [6.07, 6.45) is 0. The zero-order chi connectivity index (χ0) is 13.4. The van der Waals surface area contributed by atoms with Crippen LogP contribution in [0.15, 0.2) is 18.2 Å². The highest BCUT2D eigenvalue weighted by Gasteiger charge is 2.41. The number of fused-ring (bicyclic) bond motifs is 1. The summed E-state index contributed by atoms with van der Waals surface area (Å²) in [5.41, 5.74) is 0.958. The molecular weight excluding hydrogens is 240 g/mol. The monoisotopic (exact) mass is 262 g/mol. The van der Waals surface area contributed by atoms with Gasteiger partial charge in [0, 0.05) is 24.7 Å². The van der Waals surface area contributed by atoms with Crippen molar-refractivity contribution >= 4 is 0 Å². The fraction of sp³-hybridized carbons (Fsp3) is 0.600. The van der Waals surface area contributed by atoms with Crippen LogP contribution in [0.4, 0.5) is 0 Å². The van der Waals surface area contributed by atoms with Gasteiger partial charge in [0.05, 0.1) is 7.11 Å². The van der Waals surface area contributed by atoms with Crippen molar-refractivity contribution in [3.8, 4) is 11.5 Å². The number of phenols is 1. The van der Waals surface area contributed by atoms with Crippen molar-refractivity contribution in [2.75, 3.05) is 26.7 Å². The van der Waals surface area contributed by atoms with Gasteiger partial charge in [-0.05, 0) is 50.0 Å². The number of methoxy groups -OCH3 is 1. The Morgan fingerprint density at radius 2 is 2.26 bits per heavy atom. The Balaban J connectivity index is 1.75. The summed E-state index contributed by atoms with van der Waals surface area (Å²) in [5, 5.41) is 13.5. The summed E-state index contributed by atoms with van der Waals surface area (Å²) in [6, 6.07) is 6.03. The molecule has 4 heteroatoms. The molecule has 0 radical (unpaired) electrons. The Labute approximate surface area is 114 Å². The van der Waals surface area contributed by atoms with Crippen LogP contribution in [0.25, 0.3) is 0 Å². The number of hydrogen-bond acceptors (Lipinski definition) is 4. The average Bonchev–Trinajstić information content (AvgIpc) is 2.97. The number of ether oxygens (including phenoxy) is 1. The Hall–Kier alpha value is -1.26. The number of rotatable bonds is 3. The van der Waals surface area contributed by atoms with Gasteiger partial charge in [-0.3, -0.25) is 4.90 Å². The van der Waals surface area contributed by atoms with Gasteiger partial charge in [-0.15, -0.1) is 0 Å². The highest BCUT2D eigenvalue weighted by molar-refractivity contribution is 5.39. The van der Waals surface area contributed by atoms with Gasteiger partial charge in [-0.2, -0.15) is 0 Å². The van der Waals surface area contributed by atoms with Crippen molar-refractivity contribution in [3.05, 3.63) is 23.8 Å². The summed E-state index contributed by atoms with van der Waals surface area (Å²) in [4.78, 5) is 2.48. The smallest absolute Gasteiger partial charge is 0.120 e. The first-order valence-corrected chi connectivity index (χ1v) is 6.99. The molecule has 3 atom stereocenters. The normalized spacial score (nSPS) is 30.5. The molecule has 0 bridgehead atoms. The molecule has 2 aliphatic rings. The number of phenolic OH excluding ortho intramolecular Hbond substituents is 1. The van der Waals surface area contributed by atoms with Gasteiger partial charge in [-0.25, -0.2) is 0 Å². The molecule has 0 aromatic heterocycles. The summed E-state index contributed by atoms with van der Waals surface area (Å²) in [6.45, 7) is 6.49. The van der Waals surface area contributed by atoms with Crippen LogP contribution in [-0.4, -0.2) is 42.8 Å². The molecule has 2 heterocycles. The zero-order valence-electron chi connectivity index (χ0n) is 11.6.